The first-order valence-electron chi connectivity index (χ1n) is 6.17. The van der Waals surface area contributed by atoms with E-state index in [9.17, 15) is 0 Å². The van der Waals surface area contributed by atoms with Gasteiger partial charge in [-0.05, 0) is 24.8 Å². The van der Waals surface area contributed by atoms with Crippen LogP contribution in [0.1, 0.15) is 24.6 Å². The van der Waals surface area contributed by atoms with Crippen molar-refractivity contribution in [2.75, 3.05) is 26.9 Å². The van der Waals surface area contributed by atoms with Crippen molar-refractivity contribution >= 4 is 0 Å². The van der Waals surface area contributed by atoms with Crippen molar-refractivity contribution in [1.82, 2.24) is 9.78 Å². The lowest BCUT2D eigenvalue weighted by atomic mass is 9.90. The van der Waals surface area contributed by atoms with E-state index >= 15 is 0 Å². The van der Waals surface area contributed by atoms with E-state index in [0.717, 1.165) is 38.3 Å². The normalized spacial score (nSPS) is 19.4. The number of methoxy groups -OCH3 is 1. The maximum absolute atomic E-state index is 6.33. The molecule has 0 spiro atoms. The van der Waals surface area contributed by atoms with E-state index in [2.05, 4.69) is 5.10 Å². The van der Waals surface area contributed by atoms with Crippen molar-refractivity contribution in [3.8, 4) is 0 Å². The van der Waals surface area contributed by atoms with E-state index in [0.29, 0.717) is 12.5 Å². The second-order valence-corrected chi connectivity index (χ2v) is 4.45. The number of hydrogen-bond donors (Lipinski definition) is 1. The SMILES string of the molecule is COCCn1nccc1C(N)C1CCOCC1. The van der Waals surface area contributed by atoms with E-state index in [1.165, 1.54) is 0 Å². The van der Waals surface area contributed by atoms with Gasteiger partial charge in [-0.3, -0.25) is 4.68 Å². The number of ether oxygens (including phenoxy) is 2. The molecule has 1 saturated heterocycles. The molecule has 1 fully saturated rings. The van der Waals surface area contributed by atoms with E-state index in [-0.39, 0.29) is 6.04 Å². The van der Waals surface area contributed by atoms with Crippen LogP contribution in [0.4, 0.5) is 0 Å². The molecule has 5 heteroatoms. The number of nitrogens with two attached hydrogens (primary N) is 1. The summed E-state index contributed by atoms with van der Waals surface area (Å²) in [6, 6.07) is 2.06. The summed E-state index contributed by atoms with van der Waals surface area (Å²) in [7, 11) is 1.70. The Morgan fingerprint density at radius 1 is 1.59 bits per heavy atom. The van der Waals surface area contributed by atoms with Gasteiger partial charge in [0, 0.05) is 32.6 Å². The average Bonchev–Trinajstić information content (AvgIpc) is 2.84. The molecule has 1 aliphatic heterocycles. The molecule has 0 aromatic carbocycles. The highest BCUT2D eigenvalue weighted by Gasteiger charge is 2.24. The van der Waals surface area contributed by atoms with Crippen LogP contribution in [0.15, 0.2) is 12.3 Å². The quantitative estimate of drug-likeness (QED) is 0.831. The van der Waals surface area contributed by atoms with Crippen LogP contribution in [-0.2, 0) is 16.0 Å². The third-order valence-corrected chi connectivity index (χ3v) is 3.37. The lowest BCUT2D eigenvalue weighted by Gasteiger charge is -2.28. The fraction of sp³-hybridized carbons (Fsp3) is 0.750. The van der Waals surface area contributed by atoms with Crippen LogP contribution in [0.2, 0.25) is 0 Å². The molecule has 2 rings (SSSR count). The van der Waals surface area contributed by atoms with Crippen molar-refractivity contribution < 1.29 is 9.47 Å². The highest BCUT2D eigenvalue weighted by molar-refractivity contribution is 5.08. The summed E-state index contributed by atoms with van der Waals surface area (Å²) in [6.45, 7) is 3.07. The van der Waals surface area contributed by atoms with Gasteiger partial charge in [0.1, 0.15) is 0 Å². The minimum Gasteiger partial charge on any atom is -0.383 e. The van der Waals surface area contributed by atoms with E-state index in [4.69, 9.17) is 15.2 Å². The molecule has 96 valence electrons. The minimum atomic E-state index is 0.0539. The molecule has 1 atom stereocenters. The zero-order valence-corrected chi connectivity index (χ0v) is 10.3. The Morgan fingerprint density at radius 3 is 3.06 bits per heavy atom. The molecule has 0 amide bonds. The van der Waals surface area contributed by atoms with Crippen molar-refractivity contribution in [3.05, 3.63) is 18.0 Å². The maximum Gasteiger partial charge on any atom is 0.0659 e. The molecular formula is C12H21N3O2. The first-order valence-corrected chi connectivity index (χ1v) is 6.17. The summed E-state index contributed by atoms with van der Waals surface area (Å²) in [4.78, 5) is 0. The lowest BCUT2D eigenvalue weighted by molar-refractivity contribution is 0.0572. The fourth-order valence-corrected chi connectivity index (χ4v) is 2.31. The molecule has 5 nitrogen and oxygen atoms in total. The monoisotopic (exact) mass is 239 g/mol. The van der Waals surface area contributed by atoms with Crippen LogP contribution >= 0.6 is 0 Å². The predicted octanol–water partition coefficient (Wildman–Crippen LogP) is 0.956. The molecular weight excluding hydrogens is 218 g/mol. The molecule has 0 saturated carbocycles. The second-order valence-electron chi connectivity index (χ2n) is 4.45. The van der Waals surface area contributed by atoms with E-state index in [1.807, 2.05) is 16.9 Å². The third-order valence-electron chi connectivity index (χ3n) is 3.37. The number of rotatable bonds is 5. The summed E-state index contributed by atoms with van der Waals surface area (Å²) in [5, 5.41) is 4.30. The Balaban J connectivity index is 2.01. The van der Waals surface area contributed by atoms with E-state index < -0.39 is 0 Å². The maximum atomic E-state index is 6.33. The molecule has 2 heterocycles. The van der Waals surface area contributed by atoms with Gasteiger partial charge in [0.25, 0.3) is 0 Å². The summed E-state index contributed by atoms with van der Waals surface area (Å²) >= 11 is 0. The fourth-order valence-electron chi connectivity index (χ4n) is 2.31. The van der Waals surface area contributed by atoms with Crippen molar-refractivity contribution in [2.24, 2.45) is 11.7 Å². The lowest BCUT2D eigenvalue weighted by Crippen LogP contribution is -2.29. The standard InChI is InChI=1S/C12H21N3O2/c1-16-9-6-15-11(2-5-14-15)12(13)10-3-7-17-8-4-10/h2,5,10,12H,3-4,6-9,13H2,1H3. The number of aromatic nitrogens is 2. The van der Waals surface area contributed by atoms with Gasteiger partial charge in [-0.15, -0.1) is 0 Å². The second kappa shape index (κ2) is 6.14. The molecule has 0 aliphatic carbocycles. The van der Waals surface area contributed by atoms with E-state index in [1.54, 1.807) is 7.11 Å². The Kier molecular flexibility index (Phi) is 4.53. The van der Waals surface area contributed by atoms with Gasteiger partial charge in [0.05, 0.1) is 18.8 Å². The van der Waals surface area contributed by atoms with Gasteiger partial charge in [0.15, 0.2) is 0 Å². The molecule has 2 N–H and O–H groups in total. The Morgan fingerprint density at radius 2 is 2.35 bits per heavy atom. The van der Waals surface area contributed by atoms with Crippen LogP contribution in [0.25, 0.3) is 0 Å². The smallest absolute Gasteiger partial charge is 0.0659 e. The van der Waals surface area contributed by atoms with Crippen LogP contribution in [0, 0.1) is 5.92 Å². The third kappa shape index (κ3) is 3.06. The average molecular weight is 239 g/mol. The molecule has 17 heavy (non-hydrogen) atoms. The largest absolute Gasteiger partial charge is 0.383 e. The van der Waals surface area contributed by atoms with Crippen LogP contribution in [-0.4, -0.2) is 36.7 Å². The highest BCUT2D eigenvalue weighted by Crippen LogP contribution is 2.27. The molecule has 1 aromatic rings. The minimum absolute atomic E-state index is 0.0539. The van der Waals surface area contributed by atoms with Crippen LogP contribution in [0.5, 0.6) is 0 Å². The van der Waals surface area contributed by atoms with Crippen molar-refractivity contribution in [1.29, 1.82) is 0 Å². The van der Waals surface area contributed by atoms with Crippen molar-refractivity contribution in [3.63, 3.8) is 0 Å². The highest BCUT2D eigenvalue weighted by atomic mass is 16.5. The molecule has 1 aromatic heterocycles. The number of hydrogen-bond acceptors (Lipinski definition) is 4. The summed E-state index contributed by atoms with van der Waals surface area (Å²) in [5.41, 5.74) is 7.44. The summed E-state index contributed by atoms with van der Waals surface area (Å²) in [5.74, 6) is 0.502. The van der Waals surface area contributed by atoms with Crippen LogP contribution in [0.3, 0.4) is 0 Å². The van der Waals surface area contributed by atoms with Gasteiger partial charge in [-0.2, -0.15) is 5.10 Å². The van der Waals surface area contributed by atoms with Gasteiger partial charge in [-0.25, -0.2) is 0 Å². The van der Waals surface area contributed by atoms with Gasteiger partial charge in [0.2, 0.25) is 0 Å². The van der Waals surface area contributed by atoms with Gasteiger partial charge < -0.3 is 15.2 Å². The zero-order chi connectivity index (χ0) is 12.1. The summed E-state index contributed by atoms with van der Waals surface area (Å²) < 4.78 is 12.4. The zero-order valence-electron chi connectivity index (χ0n) is 10.3. The van der Waals surface area contributed by atoms with Gasteiger partial charge in [-0.1, -0.05) is 0 Å². The Labute approximate surface area is 102 Å². The molecule has 0 bridgehead atoms. The summed E-state index contributed by atoms with van der Waals surface area (Å²) in [6.07, 6.45) is 3.89. The number of nitrogens with zero attached hydrogens (tertiary/aromatic N) is 2. The first-order chi connectivity index (χ1) is 8.33. The first kappa shape index (κ1) is 12.5. The molecule has 0 radical (unpaired) electrons. The topological polar surface area (TPSA) is 62.3 Å². The molecule has 1 unspecified atom stereocenters. The Bertz CT molecular complexity index is 334. The predicted molar refractivity (Wildman–Crippen MR) is 64.6 cm³/mol. The Hall–Kier alpha value is -0.910. The van der Waals surface area contributed by atoms with Crippen LogP contribution < -0.4 is 5.73 Å². The van der Waals surface area contributed by atoms with Crippen molar-refractivity contribution in [2.45, 2.75) is 25.4 Å². The van der Waals surface area contributed by atoms with Gasteiger partial charge >= 0.3 is 0 Å². The molecule has 1 aliphatic rings.